The van der Waals surface area contributed by atoms with E-state index in [9.17, 15) is 9.59 Å². The largest absolute Gasteiger partial charge is 0.497 e. The summed E-state index contributed by atoms with van der Waals surface area (Å²) in [6, 6.07) is 14.6. The Hall–Kier alpha value is -3.02. The highest BCUT2D eigenvalue weighted by atomic mass is 16.5. The maximum absolute atomic E-state index is 13.2. The normalized spacial score (nSPS) is 12.1. The first-order valence-electron chi connectivity index (χ1n) is 10.6. The van der Waals surface area contributed by atoms with E-state index in [1.165, 1.54) is 0 Å². The van der Waals surface area contributed by atoms with Crippen LogP contribution in [0.2, 0.25) is 0 Å². The molecule has 1 N–H and O–H groups in total. The minimum absolute atomic E-state index is 0.117. The fourth-order valence-electron chi connectivity index (χ4n) is 3.31. The molecule has 0 unspecified atom stereocenters. The predicted octanol–water partition coefficient (Wildman–Crippen LogP) is 3.92. The summed E-state index contributed by atoms with van der Waals surface area (Å²) >= 11 is 0. The average Bonchev–Trinajstić information content (AvgIpc) is 2.75. The summed E-state index contributed by atoms with van der Waals surface area (Å²) in [6.45, 7) is 10.5. The van der Waals surface area contributed by atoms with Crippen LogP contribution < -0.4 is 14.8 Å². The van der Waals surface area contributed by atoms with E-state index in [-0.39, 0.29) is 30.4 Å². The fourth-order valence-corrected chi connectivity index (χ4v) is 3.31. The van der Waals surface area contributed by atoms with E-state index in [4.69, 9.17) is 9.47 Å². The molecule has 0 heterocycles. The minimum atomic E-state index is -0.639. The van der Waals surface area contributed by atoms with Gasteiger partial charge in [-0.3, -0.25) is 9.59 Å². The lowest BCUT2D eigenvalue weighted by Crippen LogP contribution is -2.49. The number of methoxy groups -OCH3 is 1. The lowest BCUT2D eigenvalue weighted by Gasteiger charge is -2.29. The number of carbonyl (C=O) groups excluding carboxylic acids is 2. The Morgan fingerprint density at radius 2 is 1.81 bits per heavy atom. The zero-order valence-electron chi connectivity index (χ0n) is 19.4. The smallest absolute Gasteiger partial charge is 0.261 e. The second kappa shape index (κ2) is 10.8. The molecule has 0 aliphatic rings. The van der Waals surface area contributed by atoms with Crippen LogP contribution in [0.5, 0.6) is 11.5 Å². The van der Waals surface area contributed by atoms with Crippen LogP contribution in [0.25, 0.3) is 0 Å². The van der Waals surface area contributed by atoms with Crippen molar-refractivity contribution in [2.75, 3.05) is 20.3 Å². The molecule has 2 amide bonds. The highest BCUT2D eigenvalue weighted by Crippen LogP contribution is 2.31. The van der Waals surface area contributed by atoms with Gasteiger partial charge >= 0.3 is 0 Å². The fraction of sp³-hybridized carbons (Fsp3) is 0.440. The van der Waals surface area contributed by atoms with Crippen LogP contribution in [0.1, 0.15) is 45.7 Å². The van der Waals surface area contributed by atoms with Gasteiger partial charge in [-0.1, -0.05) is 51.1 Å². The van der Waals surface area contributed by atoms with Crippen molar-refractivity contribution in [2.24, 2.45) is 0 Å². The van der Waals surface area contributed by atoms with Gasteiger partial charge in [-0.25, -0.2) is 0 Å². The Kier molecular flexibility index (Phi) is 8.48. The first-order valence-corrected chi connectivity index (χ1v) is 10.6. The van der Waals surface area contributed by atoms with Gasteiger partial charge in [0.15, 0.2) is 6.61 Å². The molecule has 0 fully saturated rings. The van der Waals surface area contributed by atoms with Crippen molar-refractivity contribution < 1.29 is 19.1 Å². The Morgan fingerprint density at radius 3 is 2.45 bits per heavy atom. The van der Waals surface area contributed by atoms with Gasteiger partial charge in [0.05, 0.1) is 7.11 Å². The number of nitrogens with one attached hydrogen (secondary N) is 1. The zero-order chi connectivity index (χ0) is 23.0. The summed E-state index contributed by atoms with van der Waals surface area (Å²) < 4.78 is 11.2. The number of rotatable bonds is 9. The van der Waals surface area contributed by atoms with Gasteiger partial charge in [0.2, 0.25) is 5.91 Å². The van der Waals surface area contributed by atoms with Gasteiger partial charge < -0.3 is 19.7 Å². The standard InChI is InChI=1S/C25H34N2O4/c1-7-26-24(29)18(2)27(16-19-11-10-12-20(15-19)30-6)23(28)17-31-22-14-9-8-13-21(22)25(3,4)5/h8-15,18H,7,16-17H2,1-6H3,(H,26,29)/t18-/m0/s1. The van der Waals surface area contributed by atoms with Crippen LogP contribution in [0, 0.1) is 0 Å². The number of para-hydroxylation sites is 1. The maximum Gasteiger partial charge on any atom is 0.261 e. The van der Waals surface area contributed by atoms with Crippen molar-refractivity contribution >= 4 is 11.8 Å². The van der Waals surface area contributed by atoms with Crippen molar-refractivity contribution in [3.63, 3.8) is 0 Å². The molecule has 6 nitrogen and oxygen atoms in total. The van der Waals surface area contributed by atoms with Crippen molar-refractivity contribution in [1.29, 1.82) is 0 Å². The Bertz CT molecular complexity index is 889. The SMILES string of the molecule is CCNC(=O)[C@H](C)N(Cc1cccc(OC)c1)C(=O)COc1ccccc1C(C)(C)C. The molecule has 0 aliphatic carbocycles. The first-order chi connectivity index (χ1) is 14.7. The molecule has 168 valence electrons. The third-order valence-electron chi connectivity index (χ3n) is 5.05. The van der Waals surface area contributed by atoms with Gasteiger partial charge in [0.25, 0.3) is 5.91 Å². The molecule has 2 aromatic carbocycles. The third-order valence-corrected chi connectivity index (χ3v) is 5.05. The van der Waals surface area contributed by atoms with E-state index in [1.807, 2.05) is 55.5 Å². The van der Waals surface area contributed by atoms with Crippen molar-refractivity contribution in [3.05, 3.63) is 59.7 Å². The molecule has 31 heavy (non-hydrogen) atoms. The van der Waals surface area contributed by atoms with Crippen molar-refractivity contribution in [3.8, 4) is 11.5 Å². The van der Waals surface area contributed by atoms with Crippen LogP contribution in [0.3, 0.4) is 0 Å². The first kappa shape index (κ1) is 24.3. The van der Waals surface area contributed by atoms with Gasteiger partial charge in [-0.2, -0.15) is 0 Å². The number of amides is 2. The predicted molar refractivity (Wildman–Crippen MR) is 122 cm³/mol. The maximum atomic E-state index is 13.2. The summed E-state index contributed by atoms with van der Waals surface area (Å²) in [5, 5.41) is 2.79. The zero-order valence-corrected chi connectivity index (χ0v) is 19.4. The molecule has 1 atom stereocenters. The van der Waals surface area contributed by atoms with Crippen LogP contribution in [-0.2, 0) is 21.5 Å². The van der Waals surface area contributed by atoms with Crippen LogP contribution in [-0.4, -0.2) is 43.0 Å². The highest BCUT2D eigenvalue weighted by Gasteiger charge is 2.27. The van der Waals surface area contributed by atoms with Gasteiger partial charge in [-0.15, -0.1) is 0 Å². The molecular weight excluding hydrogens is 392 g/mol. The monoisotopic (exact) mass is 426 g/mol. The average molecular weight is 427 g/mol. The van der Waals surface area contributed by atoms with E-state index in [0.717, 1.165) is 11.1 Å². The van der Waals surface area contributed by atoms with E-state index >= 15 is 0 Å². The minimum Gasteiger partial charge on any atom is -0.497 e. The summed E-state index contributed by atoms with van der Waals surface area (Å²) in [5.74, 6) is 0.917. The number of hydrogen-bond donors (Lipinski definition) is 1. The molecule has 0 aromatic heterocycles. The van der Waals surface area contributed by atoms with E-state index < -0.39 is 6.04 Å². The lowest BCUT2D eigenvalue weighted by atomic mass is 9.86. The lowest BCUT2D eigenvalue weighted by molar-refractivity contribution is -0.142. The molecule has 0 saturated heterocycles. The van der Waals surface area contributed by atoms with Gasteiger partial charge in [-0.05, 0) is 48.6 Å². The molecular formula is C25H34N2O4. The summed E-state index contributed by atoms with van der Waals surface area (Å²) in [5.41, 5.74) is 1.78. The molecule has 2 aromatic rings. The second-order valence-electron chi connectivity index (χ2n) is 8.48. The number of likely N-dealkylation sites (N-methyl/N-ethyl adjacent to an activating group) is 1. The topological polar surface area (TPSA) is 67.9 Å². The molecule has 6 heteroatoms. The number of benzene rings is 2. The Morgan fingerprint density at radius 1 is 1.10 bits per heavy atom. The van der Waals surface area contributed by atoms with E-state index in [2.05, 4.69) is 26.1 Å². The molecule has 0 bridgehead atoms. The van der Waals surface area contributed by atoms with Crippen LogP contribution in [0.4, 0.5) is 0 Å². The number of hydrogen-bond acceptors (Lipinski definition) is 4. The van der Waals surface area contributed by atoms with Gasteiger partial charge in [0.1, 0.15) is 17.5 Å². The molecule has 2 rings (SSSR count). The molecule has 0 aliphatic heterocycles. The number of ether oxygens (including phenoxy) is 2. The summed E-state index contributed by atoms with van der Waals surface area (Å²) in [6.07, 6.45) is 0. The molecule has 0 radical (unpaired) electrons. The quantitative estimate of drug-likeness (QED) is 0.660. The van der Waals surface area contributed by atoms with Crippen LogP contribution >= 0.6 is 0 Å². The second-order valence-corrected chi connectivity index (χ2v) is 8.48. The summed E-state index contributed by atoms with van der Waals surface area (Å²) in [4.78, 5) is 27.2. The Labute approximate surface area is 185 Å². The highest BCUT2D eigenvalue weighted by molar-refractivity contribution is 5.87. The number of carbonyl (C=O) groups is 2. The van der Waals surface area contributed by atoms with Gasteiger partial charge in [0, 0.05) is 13.1 Å². The number of nitrogens with zero attached hydrogens (tertiary/aromatic N) is 1. The third kappa shape index (κ3) is 6.74. The summed E-state index contributed by atoms with van der Waals surface area (Å²) in [7, 11) is 1.60. The van der Waals surface area contributed by atoms with Crippen LogP contribution in [0.15, 0.2) is 48.5 Å². The Balaban J connectivity index is 2.23. The van der Waals surface area contributed by atoms with E-state index in [1.54, 1.807) is 18.9 Å². The van der Waals surface area contributed by atoms with Crippen molar-refractivity contribution in [1.82, 2.24) is 10.2 Å². The molecule has 0 spiro atoms. The molecule has 0 saturated carbocycles. The van der Waals surface area contributed by atoms with Crippen molar-refractivity contribution in [2.45, 2.75) is 52.6 Å². The van der Waals surface area contributed by atoms with E-state index in [0.29, 0.717) is 18.0 Å².